The summed E-state index contributed by atoms with van der Waals surface area (Å²) in [4.78, 5) is 22.3. The molecule has 6 aromatic rings. The molecule has 0 radical (unpaired) electrons. The zero-order chi connectivity index (χ0) is 35.4. The molecule has 0 bridgehead atoms. The number of hydrogen-bond donors (Lipinski definition) is 3. The van der Waals surface area contributed by atoms with Crippen molar-refractivity contribution in [1.29, 1.82) is 0 Å². The third-order valence-corrected chi connectivity index (χ3v) is 8.18. The average Bonchev–Trinajstić information content (AvgIpc) is 3.49. The van der Waals surface area contributed by atoms with E-state index in [9.17, 15) is 9.00 Å². The maximum absolute atomic E-state index is 13.4. The molecule has 12 nitrogen and oxygen atoms in total. The number of aryl methyl sites for hydroxylation is 1. The number of carbonyl (C=O) groups is 1. The van der Waals surface area contributed by atoms with E-state index in [0.29, 0.717) is 40.3 Å². The molecule has 256 valence electrons. The summed E-state index contributed by atoms with van der Waals surface area (Å²) >= 11 is 0. The third kappa shape index (κ3) is 8.18. The summed E-state index contributed by atoms with van der Waals surface area (Å²) in [5, 5.41) is 15.4. The molecule has 0 aliphatic carbocycles. The first kappa shape index (κ1) is 33.9. The van der Waals surface area contributed by atoms with Crippen LogP contribution in [0.15, 0.2) is 102 Å². The van der Waals surface area contributed by atoms with Gasteiger partial charge in [0.25, 0.3) is 0 Å². The summed E-state index contributed by atoms with van der Waals surface area (Å²) in [6.07, 6.45) is 4.71. The highest BCUT2D eigenvalue weighted by atomic mass is 32.2. The number of aromatic nitrogens is 4. The van der Waals surface area contributed by atoms with E-state index < -0.39 is 15.8 Å². The number of nitrogens with zero attached hydrogens (tertiary/aromatic N) is 5. The summed E-state index contributed by atoms with van der Waals surface area (Å²) in [6, 6.07) is 27.5. The molecule has 50 heavy (non-hydrogen) atoms. The van der Waals surface area contributed by atoms with Crippen molar-refractivity contribution in [3.8, 4) is 23.1 Å². The van der Waals surface area contributed by atoms with Crippen molar-refractivity contribution in [3.63, 3.8) is 0 Å². The van der Waals surface area contributed by atoms with Gasteiger partial charge in [-0.3, -0.25) is 5.32 Å². The molecule has 4 aromatic carbocycles. The van der Waals surface area contributed by atoms with Gasteiger partial charge in [-0.15, -0.1) is 0 Å². The second-order valence-electron chi connectivity index (χ2n) is 12.2. The van der Waals surface area contributed by atoms with Crippen LogP contribution in [0.3, 0.4) is 0 Å². The zero-order valence-electron chi connectivity index (χ0n) is 28.6. The van der Waals surface area contributed by atoms with Gasteiger partial charge in [-0.2, -0.15) is 14.4 Å². The number of carbonyl (C=O) groups excluding carboxylic acids is 1. The fourth-order valence-electron chi connectivity index (χ4n) is 5.17. The molecule has 0 unspecified atom stereocenters. The molecule has 0 fully saturated rings. The highest BCUT2D eigenvalue weighted by Gasteiger charge is 2.17. The lowest BCUT2D eigenvalue weighted by Gasteiger charge is -2.14. The molecule has 13 heteroatoms. The van der Waals surface area contributed by atoms with E-state index in [0.717, 1.165) is 27.7 Å². The SMILES string of the molecule is COc1cc(N=S(C)(C)=O)cc(Nc2nccc(Oc3ccc(NC(=O)Nc4cc(C(C)C)nn4-c4ccc(C)cc4)c4ccccc34)n2)c1. The first-order valence-electron chi connectivity index (χ1n) is 15.8. The van der Waals surface area contributed by atoms with Gasteiger partial charge in [0.05, 0.1) is 29.9 Å². The molecule has 0 saturated carbocycles. The quantitative estimate of drug-likeness (QED) is 0.129. The van der Waals surface area contributed by atoms with Crippen LogP contribution in [-0.2, 0) is 9.73 Å². The van der Waals surface area contributed by atoms with Crippen molar-refractivity contribution in [2.45, 2.75) is 26.7 Å². The van der Waals surface area contributed by atoms with Crippen LogP contribution in [0.25, 0.3) is 16.5 Å². The molecule has 0 atom stereocenters. The normalized spacial score (nSPS) is 11.3. The minimum absolute atomic E-state index is 0.178. The molecule has 0 spiro atoms. The Morgan fingerprint density at radius 3 is 2.40 bits per heavy atom. The minimum atomic E-state index is -2.38. The number of nitrogens with one attached hydrogen (secondary N) is 3. The van der Waals surface area contributed by atoms with Crippen LogP contribution in [0.2, 0.25) is 0 Å². The van der Waals surface area contributed by atoms with Crippen LogP contribution in [0.4, 0.5) is 33.6 Å². The van der Waals surface area contributed by atoms with Gasteiger partial charge in [-0.1, -0.05) is 55.8 Å². The highest BCUT2D eigenvalue weighted by Crippen LogP contribution is 2.35. The van der Waals surface area contributed by atoms with Crippen molar-refractivity contribution < 1.29 is 18.5 Å². The lowest BCUT2D eigenvalue weighted by Crippen LogP contribution is -2.21. The van der Waals surface area contributed by atoms with Gasteiger partial charge in [-0.25, -0.2) is 18.7 Å². The van der Waals surface area contributed by atoms with Crippen LogP contribution in [0.1, 0.15) is 31.0 Å². The van der Waals surface area contributed by atoms with E-state index in [1.807, 2.05) is 61.5 Å². The standard InChI is InChI=1S/C37H38N8O4S/c1-23(2)32-22-34(45(43-32)27-13-11-24(3)12-14-27)41-37(46)40-31-15-16-33(30-10-8-7-9-29(30)31)49-35-17-18-38-36(42-35)39-25-19-26(44-50(5,6)47)21-28(20-25)48-4/h7-23H,1-6H3,(H,38,39,42)(H2,40,41,46). The summed E-state index contributed by atoms with van der Waals surface area (Å²) in [5.41, 5.74) is 4.55. The predicted molar refractivity (Wildman–Crippen MR) is 199 cm³/mol. The predicted octanol–water partition coefficient (Wildman–Crippen LogP) is 8.79. The number of fused-ring (bicyclic) bond motifs is 1. The Kier molecular flexibility index (Phi) is 9.68. The lowest BCUT2D eigenvalue weighted by molar-refractivity contribution is 0.262. The first-order chi connectivity index (χ1) is 23.9. The number of rotatable bonds is 10. The summed E-state index contributed by atoms with van der Waals surface area (Å²) < 4.78 is 30.0. The number of benzene rings is 4. The summed E-state index contributed by atoms with van der Waals surface area (Å²) in [6.45, 7) is 6.15. The topological polar surface area (TPSA) is 145 Å². The number of amides is 2. The zero-order valence-corrected chi connectivity index (χ0v) is 29.4. The Bertz CT molecular complexity index is 2300. The summed E-state index contributed by atoms with van der Waals surface area (Å²) in [7, 11) is -0.834. The average molecular weight is 691 g/mol. The van der Waals surface area contributed by atoms with Crippen LogP contribution in [0.5, 0.6) is 17.4 Å². The van der Waals surface area contributed by atoms with Gasteiger partial charge >= 0.3 is 6.03 Å². The van der Waals surface area contributed by atoms with Crippen LogP contribution < -0.4 is 25.4 Å². The van der Waals surface area contributed by atoms with Crippen LogP contribution in [0, 0.1) is 6.92 Å². The van der Waals surface area contributed by atoms with Crippen molar-refractivity contribution in [3.05, 3.63) is 108 Å². The Hall–Kier alpha value is -5.95. The molecule has 2 heterocycles. The van der Waals surface area contributed by atoms with Gasteiger partial charge < -0.3 is 20.1 Å². The molecule has 0 aliphatic heterocycles. The van der Waals surface area contributed by atoms with Crippen LogP contribution >= 0.6 is 0 Å². The minimum Gasteiger partial charge on any atom is -0.497 e. The van der Waals surface area contributed by atoms with Crippen LogP contribution in [-0.4, -0.2) is 49.6 Å². The van der Waals surface area contributed by atoms with Crippen molar-refractivity contribution in [1.82, 2.24) is 19.7 Å². The fraction of sp³-hybridized carbons (Fsp3) is 0.189. The molecule has 2 aromatic heterocycles. The lowest BCUT2D eigenvalue weighted by atomic mass is 10.1. The maximum atomic E-state index is 13.4. The molecular weight excluding hydrogens is 653 g/mol. The van der Waals surface area contributed by atoms with E-state index in [1.165, 1.54) is 0 Å². The Morgan fingerprint density at radius 1 is 0.920 bits per heavy atom. The Labute approximate surface area is 291 Å². The Balaban J connectivity index is 1.22. The molecule has 0 aliphatic rings. The molecule has 6 rings (SSSR count). The van der Waals surface area contributed by atoms with E-state index in [2.05, 4.69) is 44.1 Å². The first-order valence-corrected chi connectivity index (χ1v) is 18.2. The largest absolute Gasteiger partial charge is 0.497 e. The third-order valence-electron chi connectivity index (χ3n) is 7.53. The number of methoxy groups -OCH3 is 1. The van der Waals surface area contributed by atoms with Gasteiger partial charge in [0, 0.05) is 69.2 Å². The monoisotopic (exact) mass is 690 g/mol. The van der Waals surface area contributed by atoms with Crippen molar-refractivity contribution in [2.75, 3.05) is 35.6 Å². The molecule has 2 amide bonds. The number of urea groups is 1. The van der Waals surface area contributed by atoms with E-state index in [1.54, 1.807) is 66.9 Å². The number of hydrogen-bond acceptors (Lipinski definition) is 9. The molecule has 3 N–H and O–H groups in total. The second-order valence-corrected chi connectivity index (χ2v) is 14.8. The van der Waals surface area contributed by atoms with E-state index in [-0.39, 0.29) is 11.9 Å². The van der Waals surface area contributed by atoms with Crippen molar-refractivity contribution in [2.24, 2.45) is 4.36 Å². The van der Waals surface area contributed by atoms with E-state index in [4.69, 9.17) is 14.6 Å². The smallest absolute Gasteiger partial charge is 0.324 e. The fourth-order valence-corrected chi connectivity index (χ4v) is 5.79. The molecular formula is C37H38N8O4S. The van der Waals surface area contributed by atoms with Gasteiger partial charge in [-0.05, 0) is 43.2 Å². The number of ether oxygens (including phenoxy) is 2. The van der Waals surface area contributed by atoms with Gasteiger partial charge in [0.15, 0.2) is 0 Å². The second kappa shape index (κ2) is 14.3. The highest BCUT2D eigenvalue weighted by molar-refractivity contribution is 7.92. The van der Waals surface area contributed by atoms with Crippen molar-refractivity contribution >= 4 is 55.4 Å². The van der Waals surface area contributed by atoms with E-state index >= 15 is 0 Å². The number of anilines is 4. The maximum Gasteiger partial charge on any atom is 0.324 e. The summed E-state index contributed by atoms with van der Waals surface area (Å²) in [5.74, 6) is 2.39. The van der Waals surface area contributed by atoms with Gasteiger partial charge in [0.2, 0.25) is 11.8 Å². The Morgan fingerprint density at radius 2 is 1.68 bits per heavy atom. The molecule has 0 saturated heterocycles. The van der Waals surface area contributed by atoms with Gasteiger partial charge in [0.1, 0.15) is 17.3 Å².